The lowest BCUT2D eigenvalue weighted by molar-refractivity contribution is -0.659. The van der Waals surface area contributed by atoms with E-state index in [9.17, 15) is 0 Å². The zero-order valence-electron chi connectivity index (χ0n) is 80.9. The fourth-order valence-corrected chi connectivity index (χ4v) is 19.7. The summed E-state index contributed by atoms with van der Waals surface area (Å²) in [4.78, 5) is 4.92. The molecule has 0 bridgehead atoms. The van der Waals surface area contributed by atoms with E-state index in [-0.39, 0.29) is 48.3 Å². The van der Waals surface area contributed by atoms with Crippen LogP contribution < -0.4 is 22.8 Å². The van der Waals surface area contributed by atoms with Crippen molar-refractivity contribution < 1.29 is 53.1 Å². The minimum absolute atomic E-state index is 0. The van der Waals surface area contributed by atoms with Crippen LogP contribution in [0.1, 0.15) is 101 Å². The number of nitrogens with zero attached hydrogens (tertiary/aromatic N) is 6. The summed E-state index contributed by atoms with van der Waals surface area (Å²) in [6, 6.07) is 102. The molecule has 11 heterocycles. The zero-order valence-corrected chi connectivity index (χ0v) is 74.9. The molecule has 670 valence electrons. The predicted molar refractivity (Wildman–Crippen MR) is 568 cm³/mol. The fraction of sp³-hybridized carbons (Fsp3) is 0.161. The SMILES string of the molecule is C.C.C.C.C.Cc1ccc(-c2c3c(oc4cc5ccccc5cc43)c(C)c[n+]2C)c(C)c1.Cc1ccccc1-c1c2c(cc[n+]1C)oc1c3ccccc3ccc12.Cc1ccccc1-c1c2c(cc[n+]1C)oc1cc3ccccc3nc12.Cc1ccccc1-c1c2c(oc3cc4ccccc4cc32)c(C)c[n+]1C.[2H]C([2H])([2H])c1ccc(-c2c3c(oc4cc5ccccc5cc43)c(C([2H])([2H])[2H])c[n+]2C)c(C)c1. The lowest BCUT2D eigenvalue weighted by Crippen LogP contribution is -2.31. The molecule has 0 atom stereocenters. The minimum atomic E-state index is -2.36. The molecule has 11 heteroatoms. The van der Waals surface area contributed by atoms with Crippen molar-refractivity contribution in [3.8, 4) is 56.3 Å². The van der Waals surface area contributed by atoms with Crippen molar-refractivity contribution in [2.45, 2.75) is 106 Å². The summed E-state index contributed by atoms with van der Waals surface area (Å²) < 4.78 is 89.4. The Hall–Kier alpha value is -15.7. The van der Waals surface area contributed by atoms with Crippen molar-refractivity contribution >= 4 is 164 Å². The smallest absolute Gasteiger partial charge is 0.225 e. The number of pyridine rings is 6. The lowest BCUT2D eigenvalue weighted by atomic mass is 9.97. The highest BCUT2D eigenvalue weighted by molar-refractivity contribution is 6.20. The van der Waals surface area contributed by atoms with Gasteiger partial charge in [0, 0.05) is 80.5 Å². The van der Waals surface area contributed by atoms with Gasteiger partial charge in [-0.2, -0.15) is 13.7 Å². The van der Waals surface area contributed by atoms with Crippen molar-refractivity contribution in [2.24, 2.45) is 35.2 Å². The second kappa shape index (κ2) is 37.1. The molecule has 11 nitrogen and oxygen atoms in total. The average molecular weight is 1780 g/mol. The second-order valence-electron chi connectivity index (χ2n) is 34.8. The standard InChI is InChI=1S/2C25H22NO.C24H20NO.C23H18NO.C22H17N2O.5CH4/c2*1-15-9-10-20(16(2)11-15)24-23-21-12-18-7-5-6-8-19(18)13-22(21)27-25(23)17(3)14-26(24)4;1-15-8-4-7-11-19(15)23-22-20-12-17-9-5-6-10-18(17)13-21(20)26-24(22)16(2)14-25(23)3;1-15-7-3-5-9-17(15)22-21-19-12-11-16-8-4-6-10-18(16)23(19)25-20(21)13-14-24(22)2;1-14-7-3-5-9-16(14)22-20-18(11-12-24(22)2)25-19-13-15-8-4-6-10-17(15)23-21(19)20;;;;;/h2*5-14H,1-4H3;4-14H,1-3H3;3-14H,1-2H3;3-13H,1-2H3;5*1H4/q5*+1;;;;;/i1D3,3D3;;;;;;;;;. The molecule has 0 unspecified atom stereocenters. The van der Waals surface area contributed by atoms with E-state index in [1.54, 1.807) is 36.0 Å². The summed E-state index contributed by atoms with van der Waals surface area (Å²) in [7, 11) is 10.2. The molecule has 0 aliphatic carbocycles. The molecule has 25 aromatic rings. The summed E-state index contributed by atoms with van der Waals surface area (Å²) in [6.45, 7) is 12.3. The van der Waals surface area contributed by atoms with Crippen LogP contribution in [0.25, 0.3) is 220 Å². The second-order valence-corrected chi connectivity index (χ2v) is 34.8. The first-order valence-corrected chi connectivity index (χ1v) is 44.0. The number of hydrogen-bond acceptors (Lipinski definition) is 6. The van der Waals surface area contributed by atoms with Crippen LogP contribution in [0.3, 0.4) is 0 Å². The molecule has 0 saturated carbocycles. The number of aromatic nitrogens is 6. The van der Waals surface area contributed by atoms with Crippen molar-refractivity contribution in [3.05, 3.63) is 384 Å². The molecule has 14 aromatic carbocycles. The van der Waals surface area contributed by atoms with Crippen molar-refractivity contribution in [1.29, 1.82) is 0 Å². The van der Waals surface area contributed by atoms with Crippen molar-refractivity contribution in [2.75, 3.05) is 0 Å². The Morgan fingerprint density at radius 2 is 0.578 bits per heavy atom. The highest BCUT2D eigenvalue weighted by Gasteiger charge is 2.31. The Bertz CT molecular complexity index is 9160. The first-order chi connectivity index (χ1) is 65.6. The van der Waals surface area contributed by atoms with Crippen molar-refractivity contribution in [1.82, 2.24) is 4.98 Å². The van der Waals surface area contributed by atoms with E-state index in [1.807, 2.05) is 73.8 Å². The zero-order chi connectivity index (χ0) is 94.2. The van der Waals surface area contributed by atoms with Gasteiger partial charge in [-0.1, -0.05) is 248 Å². The highest BCUT2D eigenvalue weighted by atomic mass is 16.3. The summed E-state index contributed by atoms with van der Waals surface area (Å²) in [5.41, 5.74) is 31.4. The summed E-state index contributed by atoms with van der Waals surface area (Å²) in [5, 5.41) is 20.1. The maximum atomic E-state index is 8.08. The van der Waals surface area contributed by atoms with Gasteiger partial charge in [-0.25, -0.2) is 14.1 Å². The van der Waals surface area contributed by atoms with E-state index >= 15 is 0 Å². The topological polar surface area (TPSA) is 98.0 Å². The normalized spacial score (nSPS) is 12.1. The molecular weight excluding hydrogens is 1650 g/mol. The van der Waals surface area contributed by atoms with E-state index in [0.29, 0.717) is 16.6 Å². The van der Waals surface area contributed by atoms with Gasteiger partial charge in [-0.3, -0.25) is 0 Å². The van der Waals surface area contributed by atoms with E-state index in [4.69, 9.17) is 35.3 Å². The molecule has 0 N–H and O–H groups in total. The van der Waals surface area contributed by atoms with Crippen LogP contribution in [-0.4, -0.2) is 4.98 Å². The van der Waals surface area contributed by atoms with Crippen LogP contribution >= 0.6 is 0 Å². The largest absolute Gasteiger partial charge is 0.455 e. The maximum absolute atomic E-state index is 8.08. The molecule has 0 radical (unpaired) electrons. The first-order valence-electron chi connectivity index (χ1n) is 47.0. The van der Waals surface area contributed by atoms with Crippen LogP contribution in [0.15, 0.2) is 350 Å². The van der Waals surface area contributed by atoms with E-state index in [0.717, 1.165) is 122 Å². The Balaban J connectivity index is 0.000000126. The monoisotopic (exact) mass is 1780 g/mol. The van der Waals surface area contributed by atoms with Crippen LogP contribution in [0.4, 0.5) is 0 Å². The van der Waals surface area contributed by atoms with Crippen LogP contribution in [0.2, 0.25) is 0 Å². The molecule has 0 saturated heterocycles. The molecule has 135 heavy (non-hydrogen) atoms. The third-order valence-electron chi connectivity index (χ3n) is 25.9. The molecule has 25 rings (SSSR count). The highest BCUT2D eigenvalue weighted by Crippen LogP contribution is 2.46. The number of furan rings is 5. The van der Waals surface area contributed by atoms with E-state index < -0.39 is 13.7 Å². The van der Waals surface area contributed by atoms with E-state index in [1.165, 1.54) is 126 Å². The van der Waals surface area contributed by atoms with Gasteiger partial charge in [0.25, 0.3) is 0 Å². The Morgan fingerprint density at radius 1 is 0.230 bits per heavy atom. The number of benzene rings is 14. The third kappa shape index (κ3) is 16.3. The Morgan fingerprint density at radius 3 is 1.02 bits per heavy atom. The maximum Gasteiger partial charge on any atom is 0.225 e. The molecule has 0 amide bonds. The summed E-state index contributed by atoms with van der Waals surface area (Å²) >= 11 is 0. The van der Waals surface area contributed by atoms with Gasteiger partial charge >= 0.3 is 0 Å². The van der Waals surface area contributed by atoms with Gasteiger partial charge < -0.3 is 22.1 Å². The number of aryl methyl sites for hydroxylation is 15. The van der Waals surface area contributed by atoms with Gasteiger partial charge in [-0.05, 0) is 220 Å². The van der Waals surface area contributed by atoms with Gasteiger partial charge in [-0.15, -0.1) is 0 Å². The lowest BCUT2D eigenvalue weighted by Gasteiger charge is -2.08. The molecule has 0 aliphatic rings. The van der Waals surface area contributed by atoms with Gasteiger partial charge in [0.1, 0.15) is 101 Å². The van der Waals surface area contributed by atoms with Crippen molar-refractivity contribution in [3.63, 3.8) is 0 Å². The van der Waals surface area contributed by atoms with Gasteiger partial charge in [0.15, 0.2) is 53.3 Å². The summed E-state index contributed by atoms with van der Waals surface area (Å²) in [6.07, 6.45) is 10.0. The Kier molecular flexibility index (Phi) is 23.3. The van der Waals surface area contributed by atoms with E-state index in [2.05, 4.69) is 332 Å². The van der Waals surface area contributed by atoms with Gasteiger partial charge in [0.05, 0.1) is 22.2 Å². The number of hydrogen-bond donors (Lipinski definition) is 0. The quantitative estimate of drug-likeness (QED) is 0.159. The van der Waals surface area contributed by atoms with Gasteiger partial charge in [0.2, 0.25) is 28.5 Å². The number of rotatable bonds is 5. The average Bonchev–Trinajstić information content (AvgIpc) is 1.60. The Labute approximate surface area is 798 Å². The molecule has 11 aromatic heterocycles. The number of para-hydroxylation sites is 1. The molecular formula is C124H119N6O5+5. The molecule has 0 fully saturated rings. The third-order valence-corrected chi connectivity index (χ3v) is 25.9. The molecule has 0 aliphatic heterocycles. The van der Waals surface area contributed by atoms with Crippen LogP contribution in [0, 0.1) is 69.1 Å². The predicted octanol–water partition coefficient (Wildman–Crippen LogP) is 31.8. The fourth-order valence-electron chi connectivity index (χ4n) is 19.7. The first kappa shape index (κ1) is 84.8. The van der Waals surface area contributed by atoms with Crippen LogP contribution in [0.5, 0.6) is 0 Å². The number of fused-ring (bicyclic) bond motifs is 21. The minimum Gasteiger partial charge on any atom is -0.455 e. The van der Waals surface area contributed by atoms with Crippen LogP contribution in [-0.2, 0) is 35.2 Å². The summed E-state index contributed by atoms with van der Waals surface area (Å²) in [5.74, 6) is 0. The molecule has 0 spiro atoms.